The van der Waals surface area contributed by atoms with Crippen molar-refractivity contribution in [3.8, 4) is 0 Å². The summed E-state index contributed by atoms with van der Waals surface area (Å²) < 4.78 is 0.828. The fraction of sp³-hybridized carbons (Fsp3) is 0.625. The van der Waals surface area contributed by atoms with Gasteiger partial charge in [-0.15, -0.1) is 10.2 Å². The molecule has 0 aliphatic heterocycles. The number of nitrogens with zero attached hydrogens (tertiary/aromatic N) is 2. The van der Waals surface area contributed by atoms with Gasteiger partial charge in [-0.1, -0.05) is 23.1 Å². The van der Waals surface area contributed by atoms with Crippen LogP contribution in [0.4, 0.5) is 0 Å². The van der Waals surface area contributed by atoms with Crippen LogP contribution in [0.1, 0.15) is 20.8 Å². The largest absolute Gasteiger partial charge is 0.351 e. The van der Waals surface area contributed by atoms with Crippen molar-refractivity contribution in [1.82, 2.24) is 15.5 Å². The van der Waals surface area contributed by atoms with E-state index in [1.807, 2.05) is 20.8 Å². The molecule has 0 unspecified atom stereocenters. The molecular weight excluding hydrogens is 218 g/mol. The lowest BCUT2D eigenvalue weighted by molar-refractivity contribution is -0.119. The lowest BCUT2D eigenvalue weighted by Gasteiger charge is -2.19. The van der Waals surface area contributed by atoms with Crippen LogP contribution in [0.15, 0.2) is 9.85 Å². The van der Waals surface area contributed by atoms with E-state index in [2.05, 4.69) is 15.5 Å². The maximum Gasteiger partial charge on any atom is 0.230 e. The minimum absolute atomic E-state index is 0.0256. The SMILES string of the molecule is CC(C)(C)NC(=O)CSc1nncs1. The number of aromatic nitrogens is 2. The number of carbonyl (C=O) groups excluding carboxylic acids is 1. The van der Waals surface area contributed by atoms with E-state index in [1.165, 1.54) is 23.1 Å². The molecule has 0 atom stereocenters. The standard InChI is InChI=1S/C8H13N3OS2/c1-8(2,3)10-6(12)4-13-7-11-9-5-14-7/h5H,4H2,1-3H3,(H,10,12). The molecule has 0 aliphatic rings. The van der Waals surface area contributed by atoms with Gasteiger partial charge < -0.3 is 5.32 Å². The molecule has 0 fully saturated rings. The maximum absolute atomic E-state index is 11.4. The molecule has 14 heavy (non-hydrogen) atoms. The van der Waals surface area contributed by atoms with Crippen molar-refractivity contribution in [1.29, 1.82) is 0 Å². The van der Waals surface area contributed by atoms with Gasteiger partial charge in [0.05, 0.1) is 5.75 Å². The summed E-state index contributed by atoms with van der Waals surface area (Å²) in [6.45, 7) is 5.88. The van der Waals surface area contributed by atoms with Gasteiger partial charge in [0.2, 0.25) is 5.91 Å². The predicted molar refractivity (Wildman–Crippen MR) is 58.5 cm³/mol. The van der Waals surface area contributed by atoms with E-state index in [0.29, 0.717) is 5.75 Å². The predicted octanol–water partition coefficient (Wildman–Crippen LogP) is 1.54. The maximum atomic E-state index is 11.4. The Morgan fingerprint density at radius 1 is 1.64 bits per heavy atom. The fourth-order valence-electron chi connectivity index (χ4n) is 0.807. The second-order valence-corrected chi connectivity index (χ2v) is 5.85. The van der Waals surface area contributed by atoms with Gasteiger partial charge in [0.15, 0.2) is 4.34 Å². The van der Waals surface area contributed by atoms with Crippen molar-refractivity contribution in [2.24, 2.45) is 0 Å². The van der Waals surface area contributed by atoms with Crippen molar-refractivity contribution in [2.45, 2.75) is 30.6 Å². The summed E-state index contributed by atoms with van der Waals surface area (Å²) in [6, 6.07) is 0. The normalized spacial score (nSPS) is 11.4. The van der Waals surface area contributed by atoms with Crippen molar-refractivity contribution < 1.29 is 4.79 Å². The lowest BCUT2D eigenvalue weighted by atomic mass is 10.1. The van der Waals surface area contributed by atoms with Crippen LogP contribution in [0.5, 0.6) is 0 Å². The molecule has 1 rings (SSSR count). The zero-order valence-corrected chi connectivity index (χ0v) is 10.0. The molecule has 0 aromatic carbocycles. The Morgan fingerprint density at radius 2 is 2.36 bits per heavy atom. The number of rotatable bonds is 3. The second-order valence-electron chi connectivity index (χ2n) is 3.79. The van der Waals surface area contributed by atoms with E-state index < -0.39 is 0 Å². The summed E-state index contributed by atoms with van der Waals surface area (Å²) in [5.41, 5.74) is 1.49. The first-order chi connectivity index (χ1) is 6.47. The average Bonchev–Trinajstić information content (AvgIpc) is 2.49. The van der Waals surface area contributed by atoms with Crippen LogP contribution in [-0.4, -0.2) is 27.4 Å². The Labute approximate surface area is 91.5 Å². The molecule has 0 saturated carbocycles. The van der Waals surface area contributed by atoms with Gasteiger partial charge in [-0.3, -0.25) is 4.79 Å². The van der Waals surface area contributed by atoms with Crippen molar-refractivity contribution >= 4 is 29.0 Å². The highest BCUT2D eigenvalue weighted by atomic mass is 32.2. The number of thioether (sulfide) groups is 1. The molecule has 0 saturated heterocycles. The summed E-state index contributed by atoms with van der Waals surface area (Å²) in [7, 11) is 0. The van der Waals surface area contributed by atoms with Crippen molar-refractivity contribution in [2.75, 3.05) is 5.75 Å². The lowest BCUT2D eigenvalue weighted by Crippen LogP contribution is -2.41. The highest BCUT2D eigenvalue weighted by Gasteiger charge is 2.13. The molecule has 1 N–H and O–H groups in total. The molecule has 1 aromatic heterocycles. The van der Waals surface area contributed by atoms with Crippen LogP contribution in [0, 0.1) is 0 Å². The minimum Gasteiger partial charge on any atom is -0.351 e. The molecule has 0 bridgehead atoms. The first kappa shape index (κ1) is 11.5. The molecule has 1 heterocycles. The first-order valence-corrected chi connectivity index (χ1v) is 6.04. The number of hydrogen-bond donors (Lipinski definition) is 1. The second kappa shape index (κ2) is 4.75. The molecule has 1 aromatic rings. The zero-order chi connectivity index (χ0) is 10.6. The number of amides is 1. The van der Waals surface area contributed by atoms with Crippen LogP contribution in [0.2, 0.25) is 0 Å². The van der Waals surface area contributed by atoms with Crippen molar-refractivity contribution in [3.05, 3.63) is 5.51 Å². The first-order valence-electron chi connectivity index (χ1n) is 4.17. The van der Waals surface area contributed by atoms with Crippen molar-refractivity contribution in [3.63, 3.8) is 0 Å². The Morgan fingerprint density at radius 3 is 2.86 bits per heavy atom. The third-order valence-corrected chi connectivity index (χ3v) is 3.04. The van der Waals surface area contributed by atoms with Crippen LogP contribution < -0.4 is 5.32 Å². The van der Waals surface area contributed by atoms with Crippen LogP contribution >= 0.6 is 23.1 Å². The highest BCUT2D eigenvalue weighted by molar-refractivity contribution is 8.01. The fourth-order valence-corrected chi connectivity index (χ4v) is 2.10. The molecule has 6 heteroatoms. The summed E-state index contributed by atoms with van der Waals surface area (Å²) in [4.78, 5) is 11.4. The Hall–Kier alpha value is -0.620. The molecule has 78 valence electrons. The smallest absolute Gasteiger partial charge is 0.230 e. The molecule has 1 amide bonds. The average molecular weight is 231 g/mol. The van der Waals surface area contributed by atoms with Gasteiger partial charge in [-0.05, 0) is 20.8 Å². The molecule has 4 nitrogen and oxygen atoms in total. The van der Waals surface area contributed by atoms with Crippen LogP contribution in [0.25, 0.3) is 0 Å². The summed E-state index contributed by atoms with van der Waals surface area (Å²) in [6.07, 6.45) is 0. The Bertz CT molecular complexity index is 292. The van der Waals surface area contributed by atoms with E-state index >= 15 is 0 Å². The monoisotopic (exact) mass is 231 g/mol. The van der Waals surface area contributed by atoms with E-state index in [1.54, 1.807) is 5.51 Å². The Balaban J connectivity index is 2.29. The van der Waals surface area contributed by atoms with E-state index in [-0.39, 0.29) is 11.4 Å². The number of nitrogens with one attached hydrogen (secondary N) is 1. The van der Waals surface area contributed by atoms with Crippen LogP contribution in [-0.2, 0) is 4.79 Å². The van der Waals surface area contributed by atoms with Gasteiger partial charge >= 0.3 is 0 Å². The molecule has 0 radical (unpaired) electrons. The molecule has 0 aliphatic carbocycles. The van der Waals surface area contributed by atoms with E-state index in [0.717, 1.165) is 4.34 Å². The molecular formula is C8H13N3OS2. The third kappa shape index (κ3) is 4.57. The summed E-state index contributed by atoms with van der Waals surface area (Å²) >= 11 is 2.85. The topological polar surface area (TPSA) is 54.9 Å². The van der Waals surface area contributed by atoms with E-state index in [9.17, 15) is 4.79 Å². The Kier molecular flexibility index (Phi) is 3.88. The zero-order valence-electron chi connectivity index (χ0n) is 8.40. The summed E-state index contributed by atoms with van der Waals surface area (Å²) in [5.74, 6) is 0.421. The van der Waals surface area contributed by atoms with Gasteiger partial charge in [0.25, 0.3) is 0 Å². The van der Waals surface area contributed by atoms with Gasteiger partial charge in [-0.25, -0.2) is 0 Å². The molecule has 0 spiro atoms. The van der Waals surface area contributed by atoms with Gasteiger partial charge in [0, 0.05) is 5.54 Å². The van der Waals surface area contributed by atoms with E-state index in [4.69, 9.17) is 0 Å². The van der Waals surface area contributed by atoms with Gasteiger partial charge in [0.1, 0.15) is 5.51 Å². The van der Waals surface area contributed by atoms with Gasteiger partial charge in [-0.2, -0.15) is 0 Å². The quantitative estimate of drug-likeness (QED) is 0.802. The number of carbonyl (C=O) groups is 1. The minimum atomic E-state index is -0.168. The highest BCUT2D eigenvalue weighted by Crippen LogP contribution is 2.18. The number of hydrogen-bond acceptors (Lipinski definition) is 5. The third-order valence-electron chi connectivity index (χ3n) is 1.18. The summed E-state index contributed by atoms with van der Waals surface area (Å²) in [5, 5.41) is 10.4. The van der Waals surface area contributed by atoms with Crippen LogP contribution in [0.3, 0.4) is 0 Å².